The van der Waals surface area contributed by atoms with Gasteiger partial charge < -0.3 is 14.5 Å². The Labute approximate surface area is 139 Å². The van der Waals surface area contributed by atoms with Crippen molar-refractivity contribution < 1.29 is 9.53 Å². The maximum atomic E-state index is 12.5. The van der Waals surface area contributed by atoms with E-state index in [2.05, 4.69) is 29.0 Å². The van der Waals surface area contributed by atoms with Crippen LogP contribution in [0.25, 0.3) is 0 Å². The maximum absolute atomic E-state index is 12.5. The molecule has 4 heteroatoms. The molecule has 0 saturated carbocycles. The molecule has 126 valence electrons. The smallest absolute Gasteiger partial charge is 0.222 e. The molecule has 2 saturated heterocycles. The predicted octanol–water partition coefficient (Wildman–Crippen LogP) is 2.57. The lowest BCUT2D eigenvalue weighted by Crippen LogP contribution is -2.40. The number of piperidine rings is 1. The van der Waals surface area contributed by atoms with Crippen molar-refractivity contribution >= 4 is 5.91 Å². The van der Waals surface area contributed by atoms with Gasteiger partial charge in [-0.2, -0.15) is 0 Å². The maximum Gasteiger partial charge on any atom is 0.222 e. The van der Waals surface area contributed by atoms with E-state index in [1.165, 1.54) is 37.9 Å². The van der Waals surface area contributed by atoms with Crippen LogP contribution in [0.1, 0.15) is 31.2 Å². The first-order chi connectivity index (χ1) is 11.1. The SMILES string of the molecule is COc1ccc(CCC(=O)N2CCC3(CCN(C)CC3)C2)cc1. The van der Waals surface area contributed by atoms with Crippen LogP contribution in [-0.4, -0.2) is 56.0 Å². The molecule has 0 aliphatic carbocycles. The first kappa shape index (κ1) is 16.3. The Hall–Kier alpha value is -1.55. The van der Waals surface area contributed by atoms with Gasteiger partial charge in [0.2, 0.25) is 5.91 Å². The van der Waals surface area contributed by atoms with Crippen molar-refractivity contribution in [1.82, 2.24) is 9.80 Å². The van der Waals surface area contributed by atoms with E-state index >= 15 is 0 Å². The number of aryl methyl sites for hydroxylation is 1. The van der Waals surface area contributed by atoms with Gasteiger partial charge in [0, 0.05) is 19.5 Å². The Morgan fingerprint density at radius 3 is 2.43 bits per heavy atom. The van der Waals surface area contributed by atoms with Crippen LogP contribution in [0.3, 0.4) is 0 Å². The van der Waals surface area contributed by atoms with Gasteiger partial charge in [-0.25, -0.2) is 0 Å². The lowest BCUT2D eigenvalue weighted by atomic mass is 9.78. The highest BCUT2D eigenvalue weighted by molar-refractivity contribution is 5.76. The van der Waals surface area contributed by atoms with Crippen LogP contribution in [0.4, 0.5) is 0 Å². The topological polar surface area (TPSA) is 32.8 Å². The highest BCUT2D eigenvalue weighted by atomic mass is 16.5. The molecular formula is C19H28N2O2. The highest BCUT2D eigenvalue weighted by Crippen LogP contribution is 2.40. The van der Waals surface area contributed by atoms with E-state index < -0.39 is 0 Å². The van der Waals surface area contributed by atoms with Crippen molar-refractivity contribution in [3.63, 3.8) is 0 Å². The zero-order valence-corrected chi connectivity index (χ0v) is 14.4. The summed E-state index contributed by atoms with van der Waals surface area (Å²) >= 11 is 0. The molecular weight excluding hydrogens is 288 g/mol. The van der Waals surface area contributed by atoms with Gasteiger partial charge in [0.15, 0.2) is 0 Å². The Morgan fingerprint density at radius 1 is 1.13 bits per heavy atom. The average molecular weight is 316 g/mol. The van der Waals surface area contributed by atoms with Crippen LogP contribution < -0.4 is 4.74 Å². The van der Waals surface area contributed by atoms with E-state index in [0.29, 0.717) is 17.7 Å². The Balaban J connectivity index is 1.49. The lowest BCUT2D eigenvalue weighted by molar-refractivity contribution is -0.130. The number of likely N-dealkylation sites (tertiary alicyclic amines) is 2. The van der Waals surface area contributed by atoms with Crippen molar-refractivity contribution in [1.29, 1.82) is 0 Å². The summed E-state index contributed by atoms with van der Waals surface area (Å²) in [6, 6.07) is 8.02. The average Bonchev–Trinajstić information content (AvgIpc) is 3.00. The molecule has 0 aromatic heterocycles. The molecule has 0 bridgehead atoms. The minimum atomic E-state index is 0.316. The van der Waals surface area contributed by atoms with E-state index in [0.717, 1.165) is 25.3 Å². The number of amides is 1. The first-order valence-electron chi connectivity index (χ1n) is 8.69. The van der Waals surface area contributed by atoms with Gasteiger partial charge in [-0.3, -0.25) is 4.79 Å². The van der Waals surface area contributed by atoms with Crippen LogP contribution >= 0.6 is 0 Å². The largest absolute Gasteiger partial charge is 0.497 e. The minimum absolute atomic E-state index is 0.316. The summed E-state index contributed by atoms with van der Waals surface area (Å²) in [4.78, 5) is 17.0. The predicted molar refractivity (Wildman–Crippen MR) is 91.7 cm³/mol. The van der Waals surface area contributed by atoms with Crippen LogP contribution in [0.5, 0.6) is 5.75 Å². The fraction of sp³-hybridized carbons (Fsp3) is 0.632. The van der Waals surface area contributed by atoms with Crippen LogP contribution in [0, 0.1) is 5.41 Å². The molecule has 2 heterocycles. The summed E-state index contributed by atoms with van der Waals surface area (Å²) < 4.78 is 5.17. The minimum Gasteiger partial charge on any atom is -0.497 e. The molecule has 2 aliphatic heterocycles. The number of hydrogen-bond donors (Lipinski definition) is 0. The monoisotopic (exact) mass is 316 g/mol. The fourth-order valence-corrected chi connectivity index (χ4v) is 3.85. The zero-order valence-electron chi connectivity index (χ0n) is 14.4. The van der Waals surface area contributed by atoms with E-state index in [4.69, 9.17) is 4.74 Å². The van der Waals surface area contributed by atoms with E-state index in [1.54, 1.807) is 7.11 Å². The lowest BCUT2D eigenvalue weighted by Gasteiger charge is -2.37. The Morgan fingerprint density at radius 2 is 1.78 bits per heavy atom. The molecule has 2 aliphatic rings. The van der Waals surface area contributed by atoms with Crippen molar-refractivity contribution in [2.24, 2.45) is 5.41 Å². The molecule has 1 spiro atoms. The van der Waals surface area contributed by atoms with E-state index in [-0.39, 0.29) is 0 Å². The normalized spacial score (nSPS) is 20.9. The third-order valence-corrected chi connectivity index (χ3v) is 5.63. The van der Waals surface area contributed by atoms with Crippen molar-refractivity contribution in [3.8, 4) is 5.75 Å². The second kappa shape index (κ2) is 6.91. The standard InChI is InChI=1S/C19H28N2O2/c1-20-12-9-19(10-13-20)11-14-21(15-19)18(22)8-5-16-3-6-17(23-2)7-4-16/h3-4,6-7H,5,8-15H2,1-2H3. The molecule has 0 atom stereocenters. The summed E-state index contributed by atoms with van der Waals surface area (Å²) in [6.07, 6.45) is 5.10. The van der Waals surface area contributed by atoms with Crippen molar-refractivity contribution in [2.45, 2.75) is 32.1 Å². The van der Waals surface area contributed by atoms with Crippen LogP contribution in [-0.2, 0) is 11.2 Å². The molecule has 2 fully saturated rings. The molecule has 1 aromatic rings. The summed E-state index contributed by atoms with van der Waals surface area (Å²) in [6.45, 7) is 4.27. The molecule has 1 aromatic carbocycles. The summed E-state index contributed by atoms with van der Waals surface area (Å²) in [5.74, 6) is 1.18. The van der Waals surface area contributed by atoms with Gasteiger partial charge >= 0.3 is 0 Å². The molecule has 4 nitrogen and oxygen atoms in total. The number of carbonyl (C=O) groups is 1. The number of rotatable bonds is 4. The van der Waals surface area contributed by atoms with Gasteiger partial charge in [0.25, 0.3) is 0 Å². The highest BCUT2D eigenvalue weighted by Gasteiger charge is 2.41. The van der Waals surface area contributed by atoms with Gasteiger partial charge in [-0.05, 0) is 68.9 Å². The van der Waals surface area contributed by atoms with Crippen LogP contribution in [0.2, 0.25) is 0 Å². The quantitative estimate of drug-likeness (QED) is 0.856. The second-order valence-corrected chi connectivity index (χ2v) is 7.22. The third kappa shape index (κ3) is 3.86. The number of methoxy groups -OCH3 is 1. The fourth-order valence-electron chi connectivity index (χ4n) is 3.85. The van der Waals surface area contributed by atoms with Crippen LogP contribution in [0.15, 0.2) is 24.3 Å². The van der Waals surface area contributed by atoms with Gasteiger partial charge in [-0.1, -0.05) is 12.1 Å². The summed E-state index contributed by atoms with van der Waals surface area (Å²) in [5, 5.41) is 0. The molecule has 0 unspecified atom stereocenters. The molecule has 0 N–H and O–H groups in total. The molecule has 1 amide bonds. The number of hydrogen-bond acceptors (Lipinski definition) is 3. The van der Waals surface area contributed by atoms with Gasteiger partial charge in [0.05, 0.1) is 7.11 Å². The third-order valence-electron chi connectivity index (χ3n) is 5.63. The van der Waals surface area contributed by atoms with Gasteiger partial charge in [-0.15, -0.1) is 0 Å². The molecule has 3 rings (SSSR count). The van der Waals surface area contributed by atoms with Crippen molar-refractivity contribution in [3.05, 3.63) is 29.8 Å². The van der Waals surface area contributed by atoms with E-state index in [9.17, 15) is 4.79 Å². The number of benzene rings is 1. The second-order valence-electron chi connectivity index (χ2n) is 7.22. The Bertz CT molecular complexity index is 533. The summed E-state index contributed by atoms with van der Waals surface area (Å²) in [5.41, 5.74) is 1.61. The van der Waals surface area contributed by atoms with Gasteiger partial charge in [0.1, 0.15) is 5.75 Å². The number of nitrogens with zero attached hydrogens (tertiary/aromatic N) is 2. The molecule has 23 heavy (non-hydrogen) atoms. The first-order valence-corrected chi connectivity index (χ1v) is 8.69. The summed E-state index contributed by atoms with van der Waals surface area (Å²) in [7, 11) is 3.87. The van der Waals surface area contributed by atoms with E-state index in [1.807, 2.05) is 12.1 Å². The van der Waals surface area contributed by atoms with Crippen molar-refractivity contribution in [2.75, 3.05) is 40.3 Å². The number of carbonyl (C=O) groups excluding carboxylic acids is 1. The molecule has 0 radical (unpaired) electrons. The zero-order chi connectivity index (χ0) is 16.3. The Kier molecular flexibility index (Phi) is 4.90. The number of ether oxygens (including phenoxy) is 1.